The molecule has 1 aliphatic heterocycles. The van der Waals surface area contributed by atoms with E-state index >= 15 is 0 Å². The zero-order valence-electron chi connectivity index (χ0n) is 12.7. The Morgan fingerprint density at radius 3 is 2.27 bits per heavy atom. The molecule has 0 radical (unpaired) electrons. The van der Waals surface area contributed by atoms with E-state index in [1.807, 2.05) is 0 Å². The van der Waals surface area contributed by atoms with Gasteiger partial charge < -0.3 is 15.0 Å². The largest absolute Gasteiger partial charge is 0.378 e. The highest BCUT2D eigenvalue weighted by molar-refractivity contribution is 7.92. The molecule has 0 unspecified atom stereocenters. The Labute approximate surface area is 130 Å². The molecule has 1 aromatic rings. The lowest BCUT2D eigenvalue weighted by Crippen LogP contribution is -2.46. The first-order chi connectivity index (χ1) is 10.3. The van der Waals surface area contributed by atoms with Crippen LogP contribution in [0.25, 0.3) is 0 Å². The Morgan fingerprint density at radius 2 is 1.73 bits per heavy atom. The van der Waals surface area contributed by atoms with Crippen molar-refractivity contribution in [1.29, 1.82) is 0 Å². The number of amides is 1. The molecule has 1 atom stereocenters. The van der Waals surface area contributed by atoms with Gasteiger partial charge in [-0.15, -0.1) is 0 Å². The number of ether oxygens (including phenoxy) is 1. The molecule has 22 heavy (non-hydrogen) atoms. The van der Waals surface area contributed by atoms with E-state index in [9.17, 15) is 13.2 Å². The molecule has 1 heterocycles. The molecule has 0 bridgehead atoms. The van der Waals surface area contributed by atoms with Gasteiger partial charge in [-0.05, 0) is 31.2 Å². The summed E-state index contributed by atoms with van der Waals surface area (Å²) in [7, 11) is -3.28. The van der Waals surface area contributed by atoms with Gasteiger partial charge >= 0.3 is 0 Å². The van der Waals surface area contributed by atoms with Crippen molar-refractivity contribution in [3.63, 3.8) is 0 Å². The fourth-order valence-electron chi connectivity index (χ4n) is 2.22. The van der Waals surface area contributed by atoms with E-state index in [0.29, 0.717) is 32.0 Å². The van der Waals surface area contributed by atoms with Gasteiger partial charge in [0, 0.05) is 24.5 Å². The lowest BCUT2D eigenvalue weighted by atomic mass is 10.2. The highest BCUT2D eigenvalue weighted by Crippen LogP contribution is 2.16. The molecular weight excluding hydrogens is 306 g/mol. The summed E-state index contributed by atoms with van der Waals surface area (Å²) in [4.78, 5) is 14.1. The van der Waals surface area contributed by atoms with Crippen LogP contribution in [0.2, 0.25) is 0 Å². The second-order valence-electron chi connectivity index (χ2n) is 5.26. The van der Waals surface area contributed by atoms with E-state index in [0.717, 1.165) is 11.9 Å². The van der Waals surface area contributed by atoms with E-state index in [2.05, 4.69) is 10.0 Å². The second-order valence-corrected chi connectivity index (χ2v) is 7.00. The summed E-state index contributed by atoms with van der Waals surface area (Å²) in [6, 6.07) is 6.41. The molecule has 8 heteroatoms. The summed E-state index contributed by atoms with van der Waals surface area (Å²) < 4.78 is 29.9. The number of nitrogens with one attached hydrogen (secondary N) is 2. The van der Waals surface area contributed by atoms with E-state index < -0.39 is 10.0 Å². The molecule has 1 aliphatic rings. The van der Waals surface area contributed by atoms with Crippen molar-refractivity contribution in [3.05, 3.63) is 24.3 Å². The minimum Gasteiger partial charge on any atom is -0.378 e. The number of anilines is 2. The molecule has 0 aromatic heterocycles. The summed E-state index contributed by atoms with van der Waals surface area (Å²) in [5, 5.41) is 3.12. The van der Waals surface area contributed by atoms with Gasteiger partial charge in [0.2, 0.25) is 15.9 Å². The van der Waals surface area contributed by atoms with Crippen molar-refractivity contribution in [2.75, 3.05) is 42.6 Å². The number of sulfonamides is 1. The number of hydrogen-bond donors (Lipinski definition) is 2. The molecule has 1 amide bonds. The van der Waals surface area contributed by atoms with E-state index in [4.69, 9.17) is 4.74 Å². The predicted octanol–water partition coefficient (Wildman–Crippen LogP) is 0.717. The van der Waals surface area contributed by atoms with Gasteiger partial charge in [-0.3, -0.25) is 9.52 Å². The Hall–Kier alpha value is -1.80. The average Bonchev–Trinajstić information content (AvgIpc) is 2.48. The molecule has 1 fully saturated rings. The summed E-state index contributed by atoms with van der Waals surface area (Å²) in [5.41, 5.74) is 1.24. The van der Waals surface area contributed by atoms with Crippen molar-refractivity contribution in [2.45, 2.75) is 13.0 Å². The average molecular weight is 327 g/mol. The van der Waals surface area contributed by atoms with Crippen molar-refractivity contribution in [1.82, 2.24) is 4.90 Å². The fraction of sp³-hybridized carbons (Fsp3) is 0.500. The minimum absolute atomic E-state index is 0.0293. The van der Waals surface area contributed by atoms with Crippen molar-refractivity contribution in [2.24, 2.45) is 0 Å². The number of nitrogens with zero attached hydrogens (tertiary/aromatic N) is 1. The standard InChI is InChI=1S/C14H21N3O4S/c1-11(14(18)17-7-9-21-10-8-17)15-12-3-5-13(6-4-12)16-22(2,19)20/h3-6,11,15-16H,7-10H2,1-2H3/t11-/m0/s1. The van der Waals surface area contributed by atoms with Crippen LogP contribution in [0.5, 0.6) is 0 Å². The zero-order chi connectivity index (χ0) is 16.2. The number of hydrogen-bond acceptors (Lipinski definition) is 5. The maximum absolute atomic E-state index is 12.3. The van der Waals surface area contributed by atoms with E-state index in [-0.39, 0.29) is 11.9 Å². The molecule has 0 spiro atoms. The quantitative estimate of drug-likeness (QED) is 0.832. The van der Waals surface area contributed by atoms with Crippen molar-refractivity contribution >= 4 is 27.3 Å². The second kappa shape index (κ2) is 6.97. The molecule has 2 rings (SSSR count). The molecule has 7 nitrogen and oxygen atoms in total. The fourth-order valence-corrected chi connectivity index (χ4v) is 2.78. The smallest absolute Gasteiger partial charge is 0.244 e. The van der Waals surface area contributed by atoms with Crippen LogP contribution >= 0.6 is 0 Å². The van der Waals surface area contributed by atoms with Crippen LogP contribution in [0, 0.1) is 0 Å². The van der Waals surface area contributed by atoms with Gasteiger partial charge in [0.1, 0.15) is 6.04 Å². The number of carbonyl (C=O) groups is 1. The molecule has 2 N–H and O–H groups in total. The number of benzene rings is 1. The maximum atomic E-state index is 12.3. The zero-order valence-corrected chi connectivity index (χ0v) is 13.5. The minimum atomic E-state index is -3.28. The Balaban J connectivity index is 1.93. The Kier molecular flexibility index (Phi) is 5.25. The maximum Gasteiger partial charge on any atom is 0.244 e. The predicted molar refractivity (Wildman–Crippen MR) is 85.4 cm³/mol. The highest BCUT2D eigenvalue weighted by Gasteiger charge is 2.22. The third-order valence-electron chi connectivity index (χ3n) is 3.26. The molecule has 0 saturated carbocycles. The highest BCUT2D eigenvalue weighted by atomic mass is 32.2. The Bertz CT molecular complexity index is 609. The third kappa shape index (κ3) is 4.88. The summed E-state index contributed by atoms with van der Waals surface area (Å²) in [5.74, 6) is 0.0293. The van der Waals surface area contributed by atoms with Crippen LogP contribution in [0.4, 0.5) is 11.4 Å². The first-order valence-corrected chi connectivity index (χ1v) is 8.95. The Morgan fingerprint density at radius 1 is 1.18 bits per heavy atom. The van der Waals surface area contributed by atoms with Crippen molar-refractivity contribution < 1.29 is 17.9 Å². The van der Waals surface area contributed by atoms with Gasteiger partial charge in [0.25, 0.3) is 0 Å². The number of carbonyl (C=O) groups excluding carboxylic acids is 1. The first-order valence-electron chi connectivity index (χ1n) is 7.06. The van der Waals surface area contributed by atoms with E-state index in [1.54, 1.807) is 36.1 Å². The van der Waals surface area contributed by atoms with Gasteiger partial charge in [0.15, 0.2) is 0 Å². The summed E-state index contributed by atoms with van der Waals surface area (Å²) in [6.45, 7) is 4.18. The molecular formula is C14H21N3O4S. The van der Waals surface area contributed by atoms with Gasteiger partial charge in [-0.1, -0.05) is 0 Å². The normalized spacial score (nSPS) is 16.9. The first kappa shape index (κ1) is 16.6. The molecule has 0 aliphatic carbocycles. The lowest BCUT2D eigenvalue weighted by Gasteiger charge is -2.29. The number of morpholine rings is 1. The number of rotatable bonds is 5. The van der Waals surface area contributed by atoms with Crippen LogP contribution in [0.3, 0.4) is 0 Å². The third-order valence-corrected chi connectivity index (χ3v) is 3.87. The summed E-state index contributed by atoms with van der Waals surface area (Å²) >= 11 is 0. The van der Waals surface area contributed by atoms with Crippen LogP contribution in [-0.2, 0) is 19.6 Å². The molecule has 1 aromatic carbocycles. The SMILES string of the molecule is C[C@H](Nc1ccc(NS(C)(=O)=O)cc1)C(=O)N1CCOCC1. The topological polar surface area (TPSA) is 87.7 Å². The van der Waals surface area contributed by atoms with Crippen LogP contribution < -0.4 is 10.0 Å². The molecule has 1 saturated heterocycles. The monoisotopic (exact) mass is 327 g/mol. The van der Waals surface area contributed by atoms with Crippen LogP contribution in [-0.4, -0.2) is 57.8 Å². The van der Waals surface area contributed by atoms with Gasteiger partial charge in [-0.25, -0.2) is 8.42 Å². The van der Waals surface area contributed by atoms with Crippen molar-refractivity contribution in [3.8, 4) is 0 Å². The lowest BCUT2D eigenvalue weighted by molar-refractivity contribution is -0.135. The van der Waals surface area contributed by atoms with Gasteiger partial charge in [-0.2, -0.15) is 0 Å². The van der Waals surface area contributed by atoms with E-state index in [1.165, 1.54) is 0 Å². The van der Waals surface area contributed by atoms with Crippen LogP contribution in [0.1, 0.15) is 6.92 Å². The summed E-state index contributed by atoms with van der Waals surface area (Å²) in [6.07, 6.45) is 1.10. The van der Waals surface area contributed by atoms with Crippen LogP contribution in [0.15, 0.2) is 24.3 Å². The molecule has 122 valence electrons. The van der Waals surface area contributed by atoms with Gasteiger partial charge in [0.05, 0.1) is 19.5 Å².